The molecule has 4 nitrogen and oxygen atoms in total. The Bertz CT molecular complexity index is 724. The van der Waals surface area contributed by atoms with Gasteiger partial charge in [0, 0.05) is 23.5 Å². The molecule has 1 aromatic carbocycles. The van der Waals surface area contributed by atoms with Crippen molar-refractivity contribution < 1.29 is 4.79 Å². The fourth-order valence-electron chi connectivity index (χ4n) is 3.14. The number of carbonyl (C=O) groups is 1. The van der Waals surface area contributed by atoms with Crippen molar-refractivity contribution in [2.75, 3.05) is 18.9 Å². The number of nitrogens with one attached hydrogen (secondary N) is 2. The number of carbonyl (C=O) groups excluding carboxylic acids is 1. The number of hydrogen-bond acceptors (Lipinski definition) is 4. The van der Waals surface area contributed by atoms with Gasteiger partial charge in [-0.25, -0.2) is 0 Å². The zero-order valence-corrected chi connectivity index (χ0v) is 15.7. The molecule has 0 radical (unpaired) electrons. The molecule has 23 heavy (non-hydrogen) atoms. The molecular weight excluding hydrogens is 374 g/mol. The summed E-state index contributed by atoms with van der Waals surface area (Å²) in [5.74, 6) is -0.0399. The van der Waals surface area contributed by atoms with Crippen molar-refractivity contribution in [3.63, 3.8) is 0 Å². The van der Waals surface area contributed by atoms with Gasteiger partial charge >= 0.3 is 0 Å². The number of halogens is 1. The molecule has 1 aliphatic rings. The lowest BCUT2D eigenvalue weighted by molar-refractivity contribution is 0.0928. The van der Waals surface area contributed by atoms with Crippen LogP contribution >= 0.6 is 27.5 Å². The van der Waals surface area contributed by atoms with Crippen LogP contribution in [0.2, 0.25) is 0 Å². The molecule has 3 rings (SSSR count). The van der Waals surface area contributed by atoms with Crippen LogP contribution in [0.3, 0.4) is 0 Å². The maximum Gasteiger partial charge on any atom is 0.256 e. The lowest BCUT2D eigenvalue weighted by Crippen LogP contribution is -2.45. The first kappa shape index (κ1) is 16.5. The highest BCUT2D eigenvalue weighted by atomic mass is 79.9. The van der Waals surface area contributed by atoms with Crippen LogP contribution in [-0.2, 0) is 5.41 Å². The van der Waals surface area contributed by atoms with Crippen molar-refractivity contribution in [1.82, 2.24) is 9.69 Å². The van der Waals surface area contributed by atoms with Crippen molar-refractivity contribution >= 4 is 38.4 Å². The Morgan fingerprint density at radius 3 is 2.83 bits per heavy atom. The van der Waals surface area contributed by atoms with Gasteiger partial charge in [0.05, 0.1) is 11.3 Å². The molecule has 1 amide bonds. The van der Waals surface area contributed by atoms with Gasteiger partial charge in [-0.1, -0.05) is 34.5 Å². The lowest BCUT2D eigenvalue weighted by atomic mass is 9.64. The Kier molecular flexibility index (Phi) is 4.73. The normalized spacial score (nSPS) is 15.8. The molecule has 2 aromatic rings. The van der Waals surface area contributed by atoms with Gasteiger partial charge in [0.2, 0.25) is 0 Å². The van der Waals surface area contributed by atoms with Crippen molar-refractivity contribution in [3.05, 3.63) is 45.6 Å². The van der Waals surface area contributed by atoms with Crippen LogP contribution in [0.4, 0.5) is 5.00 Å². The zero-order valence-electron chi connectivity index (χ0n) is 13.3. The highest BCUT2D eigenvalue weighted by molar-refractivity contribution is 9.10. The predicted molar refractivity (Wildman–Crippen MR) is 98.4 cm³/mol. The van der Waals surface area contributed by atoms with Crippen molar-refractivity contribution in [1.29, 1.82) is 0 Å². The SMILES string of the molecule is CNc1snc(C)c1C(=O)NCC1(c2cccc(Br)c2)CCC1. The van der Waals surface area contributed by atoms with Gasteiger partial charge in [0.25, 0.3) is 5.91 Å². The molecule has 122 valence electrons. The standard InChI is InChI=1S/C17H20BrN3OS/c1-11-14(16(19-2)23-21-11)15(22)20-10-17(7-4-8-17)12-5-3-6-13(18)9-12/h3,5-6,9,19H,4,7-8,10H2,1-2H3,(H,20,22). The van der Waals surface area contributed by atoms with E-state index in [2.05, 4.69) is 49.1 Å². The number of hydrogen-bond donors (Lipinski definition) is 2. The van der Waals surface area contributed by atoms with Crippen molar-refractivity contribution in [2.24, 2.45) is 0 Å². The second kappa shape index (κ2) is 6.61. The summed E-state index contributed by atoms with van der Waals surface area (Å²) in [6, 6.07) is 8.43. The molecule has 0 unspecified atom stereocenters. The average molecular weight is 394 g/mol. The van der Waals surface area contributed by atoms with Gasteiger partial charge in [-0.3, -0.25) is 4.79 Å². The number of nitrogens with zero attached hydrogens (tertiary/aromatic N) is 1. The van der Waals surface area contributed by atoms with E-state index < -0.39 is 0 Å². The van der Waals surface area contributed by atoms with Crippen LogP contribution in [0.25, 0.3) is 0 Å². The summed E-state index contributed by atoms with van der Waals surface area (Å²) in [4.78, 5) is 12.6. The molecule has 1 aromatic heterocycles. The summed E-state index contributed by atoms with van der Waals surface area (Å²) in [5, 5.41) is 7.01. The van der Waals surface area contributed by atoms with Crippen LogP contribution in [0.5, 0.6) is 0 Å². The highest BCUT2D eigenvalue weighted by Crippen LogP contribution is 2.43. The number of benzene rings is 1. The number of rotatable bonds is 5. The second-order valence-electron chi connectivity index (χ2n) is 6.05. The molecule has 0 aliphatic heterocycles. The first-order chi connectivity index (χ1) is 11.1. The van der Waals surface area contributed by atoms with E-state index in [0.717, 1.165) is 28.0 Å². The molecule has 0 bridgehead atoms. The van der Waals surface area contributed by atoms with Crippen molar-refractivity contribution in [3.8, 4) is 0 Å². The maximum atomic E-state index is 12.6. The highest BCUT2D eigenvalue weighted by Gasteiger charge is 2.39. The monoisotopic (exact) mass is 393 g/mol. The van der Waals surface area contributed by atoms with Gasteiger partial charge < -0.3 is 10.6 Å². The number of aromatic nitrogens is 1. The van der Waals surface area contributed by atoms with E-state index in [1.807, 2.05) is 20.0 Å². The summed E-state index contributed by atoms with van der Waals surface area (Å²) in [6.45, 7) is 2.54. The Hall–Kier alpha value is -1.40. The maximum absolute atomic E-state index is 12.6. The molecule has 1 aliphatic carbocycles. The van der Waals surface area contributed by atoms with Gasteiger partial charge in [-0.2, -0.15) is 4.37 Å². The van der Waals surface area contributed by atoms with Crippen LogP contribution in [0, 0.1) is 6.92 Å². The van der Waals surface area contributed by atoms with Crippen LogP contribution in [-0.4, -0.2) is 23.9 Å². The molecule has 0 atom stereocenters. The lowest BCUT2D eigenvalue weighted by Gasteiger charge is -2.42. The first-order valence-electron chi connectivity index (χ1n) is 7.74. The van der Waals surface area contributed by atoms with E-state index in [9.17, 15) is 4.79 Å². The minimum Gasteiger partial charge on any atom is -0.378 e. The number of amides is 1. The molecule has 1 heterocycles. The predicted octanol–water partition coefficient (Wildman–Crippen LogP) is 4.11. The summed E-state index contributed by atoms with van der Waals surface area (Å²) < 4.78 is 5.36. The summed E-state index contributed by atoms with van der Waals surface area (Å²) in [6.07, 6.45) is 3.44. The number of anilines is 1. The summed E-state index contributed by atoms with van der Waals surface area (Å²) in [5.41, 5.74) is 2.81. The van der Waals surface area contributed by atoms with E-state index in [1.54, 1.807) is 0 Å². The van der Waals surface area contributed by atoms with E-state index in [-0.39, 0.29) is 11.3 Å². The molecule has 1 saturated carbocycles. The molecule has 1 fully saturated rings. The van der Waals surface area contributed by atoms with E-state index >= 15 is 0 Å². The fraction of sp³-hybridized carbons (Fsp3) is 0.412. The number of aryl methyl sites for hydroxylation is 1. The van der Waals surface area contributed by atoms with Crippen LogP contribution < -0.4 is 10.6 Å². The Morgan fingerprint density at radius 2 is 2.22 bits per heavy atom. The molecular formula is C17H20BrN3OS. The van der Waals surface area contributed by atoms with Gasteiger partial charge in [0.15, 0.2) is 0 Å². The van der Waals surface area contributed by atoms with Gasteiger partial charge in [-0.15, -0.1) is 0 Å². The summed E-state index contributed by atoms with van der Waals surface area (Å²) in [7, 11) is 1.82. The molecule has 0 saturated heterocycles. The van der Waals surface area contributed by atoms with E-state index in [4.69, 9.17) is 0 Å². The fourth-order valence-corrected chi connectivity index (χ4v) is 4.28. The minimum atomic E-state index is -0.0399. The molecule has 6 heteroatoms. The van der Waals surface area contributed by atoms with E-state index in [1.165, 1.54) is 23.5 Å². The Balaban J connectivity index is 1.76. The molecule has 0 spiro atoms. The average Bonchev–Trinajstić information content (AvgIpc) is 2.87. The largest absolute Gasteiger partial charge is 0.378 e. The van der Waals surface area contributed by atoms with Gasteiger partial charge in [-0.05, 0) is 49.0 Å². The first-order valence-corrected chi connectivity index (χ1v) is 9.31. The van der Waals surface area contributed by atoms with Crippen molar-refractivity contribution in [2.45, 2.75) is 31.6 Å². The van der Waals surface area contributed by atoms with Crippen LogP contribution in [0.15, 0.2) is 28.7 Å². The topological polar surface area (TPSA) is 54.0 Å². The van der Waals surface area contributed by atoms with Crippen LogP contribution in [0.1, 0.15) is 40.9 Å². The quantitative estimate of drug-likeness (QED) is 0.803. The summed E-state index contributed by atoms with van der Waals surface area (Å²) >= 11 is 4.87. The third-order valence-electron chi connectivity index (χ3n) is 4.65. The minimum absolute atomic E-state index is 0.0399. The third-order valence-corrected chi connectivity index (χ3v) is 6.10. The Labute approximate surface area is 149 Å². The second-order valence-corrected chi connectivity index (χ2v) is 7.74. The zero-order chi connectivity index (χ0) is 16.4. The Morgan fingerprint density at radius 1 is 1.43 bits per heavy atom. The third kappa shape index (κ3) is 3.15. The molecule has 2 N–H and O–H groups in total. The smallest absolute Gasteiger partial charge is 0.256 e. The van der Waals surface area contributed by atoms with E-state index in [0.29, 0.717) is 12.1 Å². The van der Waals surface area contributed by atoms with Gasteiger partial charge in [0.1, 0.15) is 5.00 Å².